The molecule has 0 saturated heterocycles. The number of carbonyl (C=O) groups is 1. The molecule has 1 heterocycles. The van der Waals surface area contributed by atoms with Gasteiger partial charge < -0.3 is 14.0 Å². The summed E-state index contributed by atoms with van der Waals surface area (Å²) in [6.07, 6.45) is 0. The second kappa shape index (κ2) is 9.70. The molecule has 0 aliphatic rings. The molecule has 0 radical (unpaired) electrons. The lowest BCUT2D eigenvalue weighted by atomic mass is 10.2. The van der Waals surface area contributed by atoms with Crippen molar-refractivity contribution in [1.82, 2.24) is 4.57 Å². The molecule has 176 valence electrons. The zero-order chi connectivity index (χ0) is 24.3. The van der Waals surface area contributed by atoms with Crippen molar-refractivity contribution in [3.8, 4) is 11.5 Å². The first-order chi connectivity index (χ1) is 16.3. The van der Waals surface area contributed by atoms with Crippen molar-refractivity contribution in [2.24, 2.45) is 4.99 Å². The van der Waals surface area contributed by atoms with Crippen molar-refractivity contribution in [1.29, 1.82) is 0 Å². The SMILES string of the molecule is CCn1c(=NC(=O)c2cccc(NS(=O)(=O)c3ccc(OC)cc3)c2)sc2cc(OC)ccc21. The van der Waals surface area contributed by atoms with Crippen LogP contribution in [-0.4, -0.2) is 33.1 Å². The van der Waals surface area contributed by atoms with Gasteiger partial charge in [0.05, 0.1) is 29.3 Å². The summed E-state index contributed by atoms with van der Waals surface area (Å²) in [7, 11) is -0.724. The Bertz CT molecular complexity index is 1520. The predicted octanol–water partition coefficient (Wildman–Crippen LogP) is 4.28. The number of sulfonamides is 1. The van der Waals surface area contributed by atoms with Crippen LogP contribution in [0.3, 0.4) is 0 Å². The number of nitrogens with zero attached hydrogens (tertiary/aromatic N) is 2. The number of hydrogen-bond donors (Lipinski definition) is 1. The van der Waals surface area contributed by atoms with Crippen LogP contribution in [0.2, 0.25) is 0 Å². The van der Waals surface area contributed by atoms with E-state index in [4.69, 9.17) is 9.47 Å². The fourth-order valence-electron chi connectivity index (χ4n) is 3.41. The van der Waals surface area contributed by atoms with Crippen molar-refractivity contribution in [3.63, 3.8) is 0 Å². The van der Waals surface area contributed by atoms with Gasteiger partial charge in [0, 0.05) is 17.8 Å². The number of carbonyl (C=O) groups excluding carboxylic acids is 1. The number of nitrogens with one attached hydrogen (secondary N) is 1. The number of thiazole rings is 1. The molecule has 1 amide bonds. The van der Waals surface area contributed by atoms with Crippen LogP contribution in [0, 0.1) is 0 Å². The molecule has 0 aliphatic heterocycles. The van der Waals surface area contributed by atoms with Gasteiger partial charge in [-0.05, 0) is 67.6 Å². The maximum atomic E-state index is 13.0. The van der Waals surface area contributed by atoms with Crippen LogP contribution in [0.1, 0.15) is 17.3 Å². The second-order valence-corrected chi connectivity index (χ2v) is 9.93. The first-order valence-corrected chi connectivity index (χ1v) is 12.7. The van der Waals surface area contributed by atoms with Crippen LogP contribution < -0.4 is 19.0 Å². The van der Waals surface area contributed by atoms with Gasteiger partial charge in [-0.25, -0.2) is 8.42 Å². The molecule has 0 unspecified atom stereocenters. The molecule has 4 rings (SSSR count). The summed E-state index contributed by atoms with van der Waals surface area (Å²) >= 11 is 1.39. The molecule has 0 spiro atoms. The summed E-state index contributed by atoms with van der Waals surface area (Å²) in [5.41, 5.74) is 1.50. The molecule has 4 aromatic rings. The average molecular weight is 498 g/mol. The minimum absolute atomic E-state index is 0.0828. The molecule has 0 atom stereocenters. The molecular formula is C24H23N3O5S2. The summed E-state index contributed by atoms with van der Waals surface area (Å²) in [6.45, 7) is 2.62. The van der Waals surface area contributed by atoms with Crippen LogP contribution in [0.15, 0.2) is 76.6 Å². The Morgan fingerprint density at radius 3 is 2.38 bits per heavy atom. The third-order valence-corrected chi connectivity index (χ3v) is 7.57. The van der Waals surface area contributed by atoms with E-state index < -0.39 is 15.9 Å². The van der Waals surface area contributed by atoms with E-state index in [1.807, 2.05) is 29.7 Å². The highest BCUT2D eigenvalue weighted by molar-refractivity contribution is 7.92. The monoisotopic (exact) mass is 497 g/mol. The van der Waals surface area contributed by atoms with Crippen LogP contribution in [0.5, 0.6) is 11.5 Å². The van der Waals surface area contributed by atoms with E-state index in [0.717, 1.165) is 16.0 Å². The molecule has 8 nitrogen and oxygen atoms in total. The lowest BCUT2D eigenvalue weighted by molar-refractivity contribution is 0.0998. The normalized spacial score (nSPS) is 12.0. The average Bonchev–Trinajstić information content (AvgIpc) is 3.19. The number of hydrogen-bond acceptors (Lipinski definition) is 6. The number of aromatic nitrogens is 1. The number of aryl methyl sites for hydroxylation is 1. The maximum Gasteiger partial charge on any atom is 0.279 e. The Kier molecular flexibility index (Phi) is 6.71. The molecule has 1 N–H and O–H groups in total. The van der Waals surface area contributed by atoms with Crippen molar-refractivity contribution in [2.45, 2.75) is 18.4 Å². The van der Waals surface area contributed by atoms with Gasteiger partial charge in [0.2, 0.25) is 0 Å². The topological polar surface area (TPSA) is 99.0 Å². The van der Waals surface area contributed by atoms with Crippen LogP contribution in [-0.2, 0) is 16.6 Å². The Labute approximate surface area is 201 Å². The van der Waals surface area contributed by atoms with Gasteiger partial charge in [-0.15, -0.1) is 0 Å². The van der Waals surface area contributed by atoms with Gasteiger partial charge in [0.1, 0.15) is 11.5 Å². The lowest BCUT2D eigenvalue weighted by Crippen LogP contribution is -2.16. The number of rotatable bonds is 7. The van der Waals surface area contributed by atoms with Crippen molar-refractivity contribution in [2.75, 3.05) is 18.9 Å². The molecule has 0 aliphatic carbocycles. The van der Waals surface area contributed by atoms with E-state index in [9.17, 15) is 13.2 Å². The zero-order valence-electron chi connectivity index (χ0n) is 18.8. The van der Waals surface area contributed by atoms with Crippen LogP contribution >= 0.6 is 11.3 Å². The number of methoxy groups -OCH3 is 2. The minimum atomic E-state index is -3.84. The molecule has 3 aromatic carbocycles. The summed E-state index contributed by atoms with van der Waals surface area (Å²) in [5, 5.41) is 0. The standard InChI is InChI=1S/C24H23N3O5S2/c1-4-27-21-13-10-19(32-3)15-22(21)33-24(27)25-23(28)16-6-5-7-17(14-16)26-34(29,30)20-11-8-18(31-2)9-12-20/h5-15,26H,4H2,1-3H3. The van der Waals surface area contributed by atoms with Gasteiger partial charge in [-0.3, -0.25) is 9.52 Å². The minimum Gasteiger partial charge on any atom is -0.497 e. The fourth-order valence-corrected chi connectivity index (χ4v) is 5.58. The van der Waals surface area contributed by atoms with Gasteiger partial charge >= 0.3 is 0 Å². The van der Waals surface area contributed by atoms with Crippen LogP contribution in [0.25, 0.3) is 10.2 Å². The highest BCUT2D eigenvalue weighted by Crippen LogP contribution is 2.24. The summed E-state index contributed by atoms with van der Waals surface area (Å²) in [4.78, 5) is 17.9. The summed E-state index contributed by atoms with van der Waals surface area (Å²) in [6, 6.07) is 18.0. The highest BCUT2D eigenvalue weighted by Gasteiger charge is 2.16. The summed E-state index contributed by atoms with van der Waals surface area (Å²) in [5.74, 6) is 0.815. The molecule has 0 saturated carbocycles. The quantitative estimate of drug-likeness (QED) is 0.411. The predicted molar refractivity (Wildman–Crippen MR) is 132 cm³/mol. The number of anilines is 1. The van der Waals surface area contributed by atoms with Crippen molar-refractivity contribution in [3.05, 3.63) is 77.1 Å². The van der Waals surface area contributed by atoms with Gasteiger partial charge in [-0.2, -0.15) is 4.99 Å². The highest BCUT2D eigenvalue weighted by atomic mass is 32.2. The fraction of sp³-hybridized carbons (Fsp3) is 0.167. The smallest absolute Gasteiger partial charge is 0.279 e. The van der Waals surface area contributed by atoms with E-state index in [1.54, 1.807) is 37.4 Å². The molecule has 1 aromatic heterocycles. The van der Waals surface area contributed by atoms with E-state index in [0.29, 0.717) is 17.1 Å². The number of ether oxygens (including phenoxy) is 2. The van der Waals surface area contributed by atoms with Crippen molar-refractivity contribution >= 4 is 43.2 Å². The largest absolute Gasteiger partial charge is 0.497 e. The second-order valence-electron chi connectivity index (χ2n) is 7.24. The Hall–Kier alpha value is -3.63. The van der Waals surface area contributed by atoms with Crippen LogP contribution in [0.4, 0.5) is 5.69 Å². The first-order valence-electron chi connectivity index (χ1n) is 10.4. The Morgan fingerprint density at radius 2 is 1.71 bits per heavy atom. The first kappa shape index (κ1) is 23.5. The molecule has 0 bridgehead atoms. The molecule has 10 heteroatoms. The van der Waals surface area contributed by atoms with Crippen molar-refractivity contribution < 1.29 is 22.7 Å². The van der Waals surface area contributed by atoms with Gasteiger partial charge in [0.25, 0.3) is 15.9 Å². The number of fused-ring (bicyclic) bond motifs is 1. The van der Waals surface area contributed by atoms with E-state index in [1.165, 1.54) is 36.6 Å². The molecular weight excluding hydrogens is 474 g/mol. The Morgan fingerprint density at radius 1 is 1.00 bits per heavy atom. The summed E-state index contributed by atoms with van der Waals surface area (Å²) < 4.78 is 41.2. The third-order valence-electron chi connectivity index (χ3n) is 5.13. The zero-order valence-corrected chi connectivity index (χ0v) is 20.4. The lowest BCUT2D eigenvalue weighted by Gasteiger charge is -2.09. The molecule has 34 heavy (non-hydrogen) atoms. The number of benzene rings is 3. The Balaban J connectivity index is 1.64. The van der Waals surface area contributed by atoms with Gasteiger partial charge in [0.15, 0.2) is 4.80 Å². The van der Waals surface area contributed by atoms with E-state index in [-0.39, 0.29) is 16.1 Å². The third kappa shape index (κ3) is 4.82. The number of amides is 1. The maximum absolute atomic E-state index is 13.0. The van der Waals surface area contributed by atoms with E-state index >= 15 is 0 Å². The van der Waals surface area contributed by atoms with Gasteiger partial charge in [-0.1, -0.05) is 17.4 Å². The van der Waals surface area contributed by atoms with E-state index in [2.05, 4.69) is 9.71 Å². The molecule has 0 fully saturated rings.